The lowest BCUT2D eigenvalue weighted by molar-refractivity contribution is 0.0698. The first-order chi connectivity index (χ1) is 10.2. The van der Waals surface area contributed by atoms with Crippen LogP contribution in [0.5, 0.6) is 0 Å². The third-order valence-electron chi connectivity index (χ3n) is 3.49. The highest BCUT2D eigenvalue weighted by molar-refractivity contribution is 6.17. The van der Waals surface area contributed by atoms with Gasteiger partial charge in [-0.1, -0.05) is 36.4 Å². The lowest BCUT2D eigenvalue weighted by Crippen LogP contribution is -2.04. The highest BCUT2D eigenvalue weighted by atomic mass is 16.4. The average molecular weight is 279 g/mol. The number of aromatic carboxylic acids is 1. The second-order valence-electron chi connectivity index (χ2n) is 5.02. The number of hydrogen-bond acceptors (Lipinski definition) is 2. The number of carboxylic acid groups (broad SMARTS) is 1. The Labute approximate surface area is 126 Å². The number of carbonyl (C=O) groups is 1. The third-order valence-corrected chi connectivity index (χ3v) is 3.49. The van der Waals surface area contributed by atoms with Gasteiger partial charge in [0.15, 0.2) is 0 Å². The fourth-order valence-electron chi connectivity index (χ4n) is 2.36. The summed E-state index contributed by atoms with van der Waals surface area (Å²) in [5.41, 5.74) is 3.11. The summed E-state index contributed by atoms with van der Waals surface area (Å²) in [4.78, 5) is 11.0. The van der Waals surface area contributed by atoms with Crippen molar-refractivity contribution >= 4 is 19.6 Å². The van der Waals surface area contributed by atoms with Gasteiger partial charge in [-0.15, -0.1) is 0 Å². The SMILES string of the molecule is [B]Nc1cc(CCCCc2ccccc2)ccc1C(=O)O. The van der Waals surface area contributed by atoms with Crippen molar-refractivity contribution in [1.82, 2.24) is 0 Å². The lowest BCUT2D eigenvalue weighted by atomic mass is 10.0. The first-order valence-electron chi connectivity index (χ1n) is 7.07. The monoisotopic (exact) mass is 279 g/mol. The maximum Gasteiger partial charge on any atom is 0.337 e. The van der Waals surface area contributed by atoms with Crippen LogP contribution in [0.3, 0.4) is 0 Å². The van der Waals surface area contributed by atoms with E-state index >= 15 is 0 Å². The summed E-state index contributed by atoms with van der Waals surface area (Å²) < 4.78 is 0. The molecule has 2 radical (unpaired) electrons. The smallest absolute Gasteiger partial charge is 0.337 e. The van der Waals surface area contributed by atoms with Gasteiger partial charge in [0.1, 0.15) is 0 Å². The Balaban J connectivity index is 1.87. The second kappa shape index (κ2) is 7.53. The summed E-state index contributed by atoms with van der Waals surface area (Å²) in [6.45, 7) is 0. The highest BCUT2D eigenvalue weighted by Gasteiger charge is 2.09. The highest BCUT2D eigenvalue weighted by Crippen LogP contribution is 2.19. The number of carboxylic acids is 1. The molecule has 0 unspecified atom stereocenters. The normalized spacial score (nSPS) is 10.3. The van der Waals surface area contributed by atoms with Crippen molar-refractivity contribution in [2.24, 2.45) is 0 Å². The molecule has 2 aromatic rings. The number of unbranched alkanes of at least 4 members (excludes halogenated alkanes) is 1. The van der Waals surface area contributed by atoms with Gasteiger partial charge in [-0.05, 0) is 48.9 Å². The number of aryl methyl sites for hydroxylation is 2. The molecule has 0 aromatic heterocycles. The minimum Gasteiger partial charge on any atom is -0.478 e. The maximum atomic E-state index is 11.0. The van der Waals surface area contributed by atoms with Crippen molar-refractivity contribution in [3.63, 3.8) is 0 Å². The predicted octanol–water partition coefficient (Wildman–Crippen LogP) is 3.45. The molecule has 0 aliphatic heterocycles. The molecule has 0 fully saturated rings. The van der Waals surface area contributed by atoms with E-state index < -0.39 is 5.97 Å². The van der Waals surface area contributed by atoms with E-state index in [-0.39, 0.29) is 5.56 Å². The Morgan fingerprint density at radius 1 is 1.00 bits per heavy atom. The van der Waals surface area contributed by atoms with Gasteiger partial charge in [0.05, 0.1) is 5.56 Å². The molecule has 0 bridgehead atoms. The molecular weight excluding hydrogens is 261 g/mol. The molecule has 0 aliphatic carbocycles. The van der Waals surface area contributed by atoms with Crippen LogP contribution in [0.25, 0.3) is 0 Å². The minimum absolute atomic E-state index is 0.200. The van der Waals surface area contributed by atoms with Crippen LogP contribution >= 0.6 is 0 Å². The molecule has 0 aliphatic rings. The molecular formula is C17H18BNO2. The van der Waals surface area contributed by atoms with Crippen molar-refractivity contribution < 1.29 is 9.90 Å². The molecule has 4 heteroatoms. The molecule has 0 spiro atoms. The zero-order valence-corrected chi connectivity index (χ0v) is 11.9. The summed E-state index contributed by atoms with van der Waals surface area (Å²) in [6, 6.07) is 15.7. The van der Waals surface area contributed by atoms with Gasteiger partial charge in [0.25, 0.3) is 0 Å². The average Bonchev–Trinajstić information content (AvgIpc) is 2.52. The van der Waals surface area contributed by atoms with Crippen LogP contribution in [-0.2, 0) is 12.8 Å². The summed E-state index contributed by atoms with van der Waals surface area (Å²) in [6.07, 6.45) is 4.15. The molecule has 0 saturated carbocycles. The molecule has 2 aromatic carbocycles. The van der Waals surface area contributed by atoms with Crippen LogP contribution < -0.4 is 5.23 Å². The molecule has 0 amide bonds. The summed E-state index contributed by atoms with van der Waals surface area (Å²) in [5, 5.41) is 11.5. The van der Waals surface area contributed by atoms with Crippen molar-refractivity contribution in [3.8, 4) is 0 Å². The molecule has 106 valence electrons. The van der Waals surface area contributed by atoms with Gasteiger partial charge >= 0.3 is 5.97 Å². The van der Waals surface area contributed by atoms with E-state index in [0.717, 1.165) is 31.2 Å². The molecule has 3 nitrogen and oxygen atoms in total. The van der Waals surface area contributed by atoms with E-state index in [1.165, 1.54) is 5.56 Å². The van der Waals surface area contributed by atoms with E-state index in [9.17, 15) is 4.79 Å². The van der Waals surface area contributed by atoms with E-state index in [0.29, 0.717) is 5.69 Å². The van der Waals surface area contributed by atoms with Gasteiger partial charge in [0, 0.05) is 5.69 Å². The summed E-state index contributed by atoms with van der Waals surface area (Å²) in [7, 11) is 5.37. The fourth-order valence-corrected chi connectivity index (χ4v) is 2.36. The van der Waals surface area contributed by atoms with E-state index in [4.69, 9.17) is 13.1 Å². The van der Waals surface area contributed by atoms with Crippen LogP contribution in [0, 0.1) is 0 Å². The maximum absolute atomic E-state index is 11.0. The molecule has 0 atom stereocenters. The van der Waals surface area contributed by atoms with Gasteiger partial charge < -0.3 is 10.3 Å². The number of nitrogens with one attached hydrogen (secondary N) is 1. The standard InChI is InChI=1S/C17H18BNO2/c18-19-16-12-14(10-11-15(16)17(20)21)9-5-4-8-13-6-2-1-3-7-13/h1-3,6-7,10-12,19H,4-5,8-9H2,(H,20,21). The van der Waals surface area contributed by atoms with Crippen molar-refractivity contribution in [2.45, 2.75) is 25.7 Å². The summed E-state index contributed by atoms with van der Waals surface area (Å²) in [5.74, 6) is -0.974. The topological polar surface area (TPSA) is 49.3 Å². The van der Waals surface area contributed by atoms with Crippen molar-refractivity contribution in [3.05, 3.63) is 65.2 Å². The molecule has 2 rings (SSSR count). The second-order valence-corrected chi connectivity index (χ2v) is 5.02. The van der Waals surface area contributed by atoms with Crippen molar-refractivity contribution in [1.29, 1.82) is 0 Å². The van der Waals surface area contributed by atoms with Crippen LogP contribution in [0.1, 0.15) is 34.3 Å². The Kier molecular flexibility index (Phi) is 5.44. The first kappa shape index (κ1) is 15.2. The van der Waals surface area contributed by atoms with Crippen LogP contribution in [0.15, 0.2) is 48.5 Å². The molecule has 0 heterocycles. The van der Waals surface area contributed by atoms with E-state index in [1.54, 1.807) is 6.07 Å². The Bertz CT molecular complexity index is 599. The van der Waals surface area contributed by atoms with Gasteiger partial charge in [0.2, 0.25) is 7.98 Å². The number of anilines is 1. The van der Waals surface area contributed by atoms with Gasteiger partial charge in [-0.25, -0.2) is 4.79 Å². The third kappa shape index (κ3) is 4.38. The first-order valence-corrected chi connectivity index (χ1v) is 7.07. The van der Waals surface area contributed by atoms with Gasteiger partial charge in [-0.2, -0.15) is 0 Å². The van der Waals surface area contributed by atoms with Crippen LogP contribution in [0.2, 0.25) is 0 Å². The fraction of sp³-hybridized carbons (Fsp3) is 0.235. The van der Waals surface area contributed by atoms with Crippen LogP contribution in [0.4, 0.5) is 5.69 Å². The van der Waals surface area contributed by atoms with E-state index in [1.807, 2.05) is 18.2 Å². The van der Waals surface area contributed by atoms with Crippen LogP contribution in [-0.4, -0.2) is 19.1 Å². The van der Waals surface area contributed by atoms with Crippen molar-refractivity contribution in [2.75, 3.05) is 5.23 Å². The lowest BCUT2D eigenvalue weighted by Gasteiger charge is -2.09. The van der Waals surface area contributed by atoms with E-state index in [2.05, 4.69) is 29.5 Å². The minimum atomic E-state index is -0.974. The molecule has 0 saturated heterocycles. The van der Waals surface area contributed by atoms with Gasteiger partial charge in [-0.3, -0.25) is 0 Å². The molecule has 2 N–H and O–H groups in total. The zero-order valence-electron chi connectivity index (χ0n) is 11.9. The molecule has 21 heavy (non-hydrogen) atoms. The Morgan fingerprint density at radius 2 is 1.67 bits per heavy atom. The quantitative estimate of drug-likeness (QED) is 0.603. The Hall–Kier alpha value is -2.23. The largest absolute Gasteiger partial charge is 0.478 e. The Morgan fingerprint density at radius 3 is 2.29 bits per heavy atom. The zero-order chi connectivity index (χ0) is 15.1. The predicted molar refractivity (Wildman–Crippen MR) is 85.9 cm³/mol. The number of rotatable bonds is 7. The summed E-state index contributed by atoms with van der Waals surface area (Å²) >= 11 is 0. The number of hydrogen-bond donors (Lipinski definition) is 2. The number of benzene rings is 2.